The van der Waals surface area contributed by atoms with Gasteiger partial charge in [-0.2, -0.15) is 5.10 Å². The number of sulfonamides is 1. The molecule has 1 fully saturated rings. The minimum absolute atomic E-state index is 0. The van der Waals surface area contributed by atoms with Gasteiger partial charge >= 0.3 is 0 Å². The van der Waals surface area contributed by atoms with Crippen molar-refractivity contribution in [2.75, 3.05) is 32.4 Å². The molecule has 0 saturated carbocycles. The number of rotatable bonds is 5. The van der Waals surface area contributed by atoms with E-state index in [2.05, 4.69) is 27.6 Å². The molecule has 1 saturated heterocycles. The van der Waals surface area contributed by atoms with Crippen LogP contribution in [0.25, 0.3) is 0 Å². The third-order valence-electron chi connectivity index (χ3n) is 5.04. The fourth-order valence-corrected chi connectivity index (χ4v) is 4.39. The average Bonchev–Trinajstić information content (AvgIpc) is 3.07. The summed E-state index contributed by atoms with van der Waals surface area (Å²) in [6.45, 7) is 5.57. The van der Waals surface area contributed by atoms with Crippen molar-refractivity contribution in [3.05, 3.63) is 12.2 Å². The lowest BCUT2D eigenvalue weighted by Gasteiger charge is -2.30. The largest absolute Gasteiger partial charge is 0.357 e. The van der Waals surface area contributed by atoms with Gasteiger partial charge in [0.25, 0.3) is 0 Å². The standard InChI is InChI=1S/C16H29N7O2S.HI/c1-3-17-16(21-14-4-5-15-19-12-20-23(15)11-14)18-10-13-6-8-22(9-7-13)26(2,24)25;/h12-14H,3-11H2,1-2H3,(H2,17,18,21);1H. The topological polar surface area (TPSA) is 105 Å². The van der Waals surface area contributed by atoms with Gasteiger partial charge in [-0.15, -0.1) is 24.0 Å². The van der Waals surface area contributed by atoms with Crippen LogP contribution >= 0.6 is 24.0 Å². The smallest absolute Gasteiger partial charge is 0.211 e. The van der Waals surface area contributed by atoms with Gasteiger partial charge in [-0.05, 0) is 32.1 Å². The first kappa shape index (κ1) is 22.3. The Bertz CT molecular complexity index is 729. The van der Waals surface area contributed by atoms with E-state index in [1.165, 1.54) is 6.26 Å². The van der Waals surface area contributed by atoms with Crippen molar-refractivity contribution in [1.82, 2.24) is 29.7 Å². The molecule has 0 aromatic carbocycles. The summed E-state index contributed by atoms with van der Waals surface area (Å²) in [6, 6.07) is 0.286. The van der Waals surface area contributed by atoms with Gasteiger partial charge in [-0.1, -0.05) is 0 Å². The zero-order valence-corrected chi connectivity index (χ0v) is 19.1. The van der Waals surface area contributed by atoms with Gasteiger partial charge in [0, 0.05) is 38.6 Å². The molecule has 0 spiro atoms. The van der Waals surface area contributed by atoms with Crippen LogP contribution in [0.4, 0.5) is 0 Å². The highest BCUT2D eigenvalue weighted by atomic mass is 127. The molecule has 1 unspecified atom stereocenters. The fraction of sp³-hybridized carbons (Fsp3) is 0.812. The van der Waals surface area contributed by atoms with Gasteiger partial charge in [0.2, 0.25) is 10.0 Å². The molecule has 1 aromatic rings. The zero-order chi connectivity index (χ0) is 18.6. The number of aryl methyl sites for hydroxylation is 1. The number of hydrogen-bond donors (Lipinski definition) is 2. The lowest BCUT2D eigenvalue weighted by molar-refractivity contribution is 0.280. The number of fused-ring (bicyclic) bond motifs is 1. The molecule has 0 radical (unpaired) electrons. The predicted molar refractivity (Wildman–Crippen MR) is 116 cm³/mol. The molecule has 0 amide bonds. The van der Waals surface area contributed by atoms with Gasteiger partial charge in [0.05, 0.1) is 12.8 Å². The summed E-state index contributed by atoms with van der Waals surface area (Å²) in [5.74, 6) is 2.30. The van der Waals surface area contributed by atoms with Gasteiger partial charge in [0.1, 0.15) is 12.2 Å². The summed E-state index contributed by atoms with van der Waals surface area (Å²) in [5, 5.41) is 11.1. The Morgan fingerprint density at radius 3 is 2.74 bits per heavy atom. The van der Waals surface area contributed by atoms with E-state index >= 15 is 0 Å². The van der Waals surface area contributed by atoms with Crippen molar-refractivity contribution >= 4 is 40.0 Å². The first-order chi connectivity index (χ1) is 12.5. The molecule has 27 heavy (non-hydrogen) atoms. The summed E-state index contributed by atoms with van der Waals surface area (Å²) < 4.78 is 26.7. The van der Waals surface area contributed by atoms with Crippen molar-refractivity contribution in [3.8, 4) is 0 Å². The minimum atomic E-state index is -3.07. The molecular formula is C16H30IN7O2S. The quantitative estimate of drug-likeness (QED) is 0.338. The number of piperidine rings is 1. The van der Waals surface area contributed by atoms with Crippen LogP contribution in [-0.4, -0.2) is 71.9 Å². The Morgan fingerprint density at radius 1 is 1.33 bits per heavy atom. The number of halogens is 1. The third-order valence-corrected chi connectivity index (χ3v) is 6.34. The maximum Gasteiger partial charge on any atom is 0.211 e. The maximum absolute atomic E-state index is 11.6. The Hall–Kier alpha value is -0.950. The zero-order valence-electron chi connectivity index (χ0n) is 16.0. The summed E-state index contributed by atoms with van der Waals surface area (Å²) >= 11 is 0. The molecule has 1 aromatic heterocycles. The normalized spacial score (nSPS) is 22.0. The van der Waals surface area contributed by atoms with Gasteiger partial charge in [-0.3, -0.25) is 4.99 Å². The van der Waals surface area contributed by atoms with Crippen LogP contribution in [0.2, 0.25) is 0 Å². The van der Waals surface area contributed by atoms with Crippen LogP contribution in [0.15, 0.2) is 11.3 Å². The van der Waals surface area contributed by atoms with E-state index in [-0.39, 0.29) is 30.0 Å². The molecule has 2 N–H and O–H groups in total. The minimum Gasteiger partial charge on any atom is -0.357 e. The SMILES string of the molecule is CCNC(=NCC1CCN(S(C)(=O)=O)CC1)NC1CCc2ncnn2C1.I. The highest BCUT2D eigenvalue weighted by molar-refractivity contribution is 14.0. The summed E-state index contributed by atoms with van der Waals surface area (Å²) in [5.41, 5.74) is 0. The monoisotopic (exact) mass is 511 g/mol. The third kappa shape index (κ3) is 6.28. The van der Waals surface area contributed by atoms with E-state index in [0.717, 1.165) is 50.6 Å². The van der Waals surface area contributed by atoms with Gasteiger partial charge in [-0.25, -0.2) is 22.4 Å². The number of aliphatic imine (C=N–C) groups is 1. The number of guanidine groups is 1. The molecule has 2 aliphatic rings. The Kier molecular flexibility index (Phi) is 8.28. The van der Waals surface area contributed by atoms with Crippen molar-refractivity contribution in [2.24, 2.45) is 10.9 Å². The number of nitrogens with zero attached hydrogens (tertiary/aromatic N) is 5. The van der Waals surface area contributed by atoms with E-state index in [4.69, 9.17) is 4.99 Å². The van der Waals surface area contributed by atoms with Crippen molar-refractivity contribution < 1.29 is 8.42 Å². The van der Waals surface area contributed by atoms with Crippen LogP contribution < -0.4 is 10.6 Å². The Morgan fingerprint density at radius 2 is 2.07 bits per heavy atom. The lowest BCUT2D eigenvalue weighted by Crippen LogP contribution is -2.47. The van der Waals surface area contributed by atoms with Crippen LogP contribution in [0.3, 0.4) is 0 Å². The molecule has 3 heterocycles. The van der Waals surface area contributed by atoms with E-state index in [9.17, 15) is 8.42 Å². The van der Waals surface area contributed by atoms with Crippen molar-refractivity contribution in [1.29, 1.82) is 0 Å². The maximum atomic E-state index is 11.6. The van der Waals surface area contributed by atoms with Gasteiger partial charge in [0.15, 0.2) is 5.96 Å². The molecule has 3 rings (SSSR count). The van der Waals surface area contributed by atoms with E-state index in [1.54, 1.807) is 10.6 Å². The Balaban J connectivity index is 0.00000261. The molecule has 0 bridgehead atoms. The summed E-state index contributed by atoms with van der Waals surface area (Å²) in [6.07, 6.45) is 6.55. The van der Waals surface area contributed by atoms with Crippen molar-refractivity contribution in [2.45, 2.75) is 45.2 Å². The molecule has 11 heteroatoms. The second kappa shape index (κ2) is 10.0. The van der Waals surface area contributed by atoms with Crippen LogP contribution in [0.1, 0.15) is 32.0 Å². The second-order valence-corrected chi connectivity index (χ2v) is 9.05. The molecular weight excluding hydrogens is 481 g/mol. The highest BCUT2D eigenvalue weighted by Gasteiger charge is 2.25. The van der Waals surface area contributed by atoms with Crippen LogP contribution in [-0.2, 0) is 23.0 Å². The first-order valence-electron chi connectivity index (χ1n) is 9.32. The van der Waals surface area contributed by atoms with Crippen LogP contribution in [0.5, 0.6) is 0 Å². The van der Waals surface area contributed by atoms with Crippen LogP contribution in [0, 0.1) is 5.92 Å². The number of aromatic nitrogens is 3. The van der Waals surface area contributed by atoms with E-state index < -0.39 is 10.0 Å². The molecule has 9 nitrogen and oxygen atoms in total. The number of nitrogens with one attached hydrogen (secondary N) is 2. The molecule has 1 atom stereocenters. The van der Waals surface area contributed by atoms with Gasteiger partial charge < -0.3 is 10.6 Å². The molecule has 0 aliphatic carbocycles. The lowest BCUT2D eigenvalue weighted by atomic mass is 9.98. The molecule has 2 aliphatic heterocycles. The number of hydrogen-bond acceptors (Lipinski definition) is 5. The predicted octanol–water partition coefficient (Wildman–Crippen LogP) is 0.438. The summed E-state index contributed by atoms with van der Waals surface area (Å²) in [4.78, 5) is 9.00. The molecule has 154 valence electrons. The second-order valence-electron chi connectivity index (χ2n) is 7.06. The van der Waals surface area contributed by atoms with E-state index in [0.29, 0.717) is 25.6 Å². The Labute approximate surface area is 178 Å². The van der Waals surface area contributed by atoms with E-state index in [1.807, 2.05) is 4.68 Å². The fourth-order valence-electron chi connectivity index (χ4n) is 3.51. The first-order valence-corrected chi connectivity index (χ1v) is 11.2. The summed E-state index contributed by atoms with van der Waals surface area (Å²) in [7, 11) is -3.07. The highest BCUT2D eigenvalue weighted by Crippen LogP contribution is 2.19. The average molecular weight is 511 g/mol. The van der Waals surface area contributed by atoms with Crippen molar-refractivity contribution in [3.63, 3.8) is 0 Å².